The van der Waals surface area contributed by atoms with Gasteiger partial charge < -0.3 is 23.7 Å². The number of aliphatic hydroxyl groups excluding tert-OH is 1. The summed E-state index contributed by atoms with van der Waals surface area (Å²) in [6.07, 6.45) is -11.5. The quantitative estimate of drug-likeness (QED) is 0.0300. The van der Waals surface area contributed by atoms with E-state index in [1.54, 1.807) is 61.6 Å². The van der Waals surface area contributed by atoms with Crippen LogP contribution in [0.4, 0.5) is 26.3 Å². The van der Waals surface area contributed by atoms with Crippen LogP contribution in [0.15, 0.2) is 146 Å². The van der Waals surface area contributed by atoms with Crippen LogP contribution < -0.4 is 9.47 Å². The van der Waals surface area contributed by atoms with Gasteiger partial charge in [0.2, 0.25) is 0 Å². The Labute approximate surface area is 515 Å². The van der Waals surface area contributed by atoms with Crippen LogP contribution in [0.3, 0.4) is 0 Å². The third-order valence-electron chi connectivity index (χ3n) is 14.9. The number of hydrogen-bond donors (Lipinski definition) is 1. The van der Waals surface area contributed by atoms with Crippen LogP contribution in [0.2, 0.25) is 38.2 Å². The Hall–Kier alpha value is -4.67. The topological polar surface area (TPSA) is 146 Å². The summed E-state index contributed by atoms with van der Waals surface area (Å²) < 4.78 is 152. The number of ether oxygens (including phenoxy) is 3. The predicted octanol–water partition coefficient (Wildman–Crippen LogP) is 16.1. The first kappa shape index (κ1) is 69.4. The molecule has 7 rings (SSSR count). The Kier molecular flexibility index (Phi) is 24.1. The monoisotopic (exact) mass is 1320 g/mol. The molecule has 3 unspecified atom stereocenters. The molecule has 0 aromatic heterocycles. The number of carbonyl (C=O) groups is 1. The minimum absolute atomic E-state index is 0.00622. The van der Waals surface area contributed by atoms with Crippen molar-refractivity contribution in [2.45, 2.75) is 120 Å². The Bertz CT molecular complexity index is 3240. The molecule has 462 valence electrons. The fourth-order valence-electron chi connectivity index (χ4n) is 9.07. The molecule has 1 saturated heterocycles. The molecular weight excluding hydrogens is 1250 g/mol. The Morgan fingerprint density at radius 1 is 0.565 bits per heavy atom. The molecule has 1 N–H and O–H groups in total. The van der Waals surface area contributed by atoms with E-state index in [9.17, 15) is 53.1 Å². The van der Waals surface area contributed by atoms with Gasteiger partial charge in [-0.3, -0.25) is 4.79 Å². The van der Waals surface area contributed by atoms with Crippen LogP contribution in [0, 0.1) is 0 Å². The van der Waals surface area contributed by atoms with Crippen LogP contribution in [-0.4, -0.2) is 103 Å². The van der Waals surface area contributed by atoms with Crippen LogP contribution in [0.25, 0.3) is 0 Å². The third kappa shape index (κ3) is 21.0. The maximum absolute atomic E-state index is 14.1. The molecule has 0 aliphatic carbocycles. The second kappa shape index (κ2) is 29.6. The van der Waals surface area contributed by atoms with Crippen molar-refractivity contribution in [3.63, 3.8) is 0 Å². The highest BCUT2D eigenvalue weighted by Gasteiger charge is 2.76. The predicted molar refractivity (Wildman–Crippen MR) is 326 cm³/mol. The van der Waals surface area contributed by atoms with Crippen molar-refractivity contribution in [1.29, 1.82) is 0 Å². The molecule has 3 atom stereocenters. The number of epoxide rings is 1. The standard InChI is InChI=1S/C34H41Cl2F3O5SSi.C28H27Cl2F3O5S/c1-32(2,3)46(4,5)44-33(34(37,38)39)31(43-33)23-24-8-18-29(19-9-24)42-20-22-45(40,41)21-6-7-30(25-10-14-27(35)15-11-25)26-12-16-28(36)17-13-26;29-22-9-5-20(6-10-22)25(21-7-11-23(30)12-8-21)2-1-16-39(36,37)17-15-38-24-13-3-19(4-14-24)18-26(34)27(35)28(31,32)33/h8-19,30-31H,6-7,20-23H2,1-5H3;3-14,25-26,34H,1-2,15-18H2. The molecule has 6 aromatic rings. The smallest absolute Gasteiger partial charge is 0.452 e. The number of carbonyl (C=O) groups excluding carboxylic acids is 1. The van der Waals surface area contributed by atoms with Crippen molar-refractivity contribution in [3.05, 3.63) is 199 Å². The molecule has 1 fully saturated rings. The first-order valence-corrected chi connectivity index (χ1v) is 35.3. The van der Waals surface area contributed by atoms with Crippen molar-refractivity contribution in [2.75, 3.05) is 36.2 Å². The zero-order valence-electron chi connectivity index (χ0n) is 47.4. The molecule has 0 bridgehead atoms. The molecule has 0 amide bonds. The van der Waals surface area contributed by atoms with Crippen molar-refractivity contribution >= 4 is 80.2 Å². The lowest BCUT2D eigenvalue weighted by Gasteiger charge is -2.38. The van der Waals surface area contributed by atoms with E-state index in [1.165, 1.54) is 24.3 Å². The van der Waals surface area contributed by atoms with Gasteiger partial charge in [0, 0.05) is 44.8 Å². The zero-order chi connectivity index (χ0) is 62.6. The average molecular weight is 1320 g/mol. The van der Waals surface area contributed by atoms with E-state index in [2.05, 4.69) is 0 Å². The van der Waals surface area contributed by atoms with Gasteiger partial charge >= 0.3 is 12.4 Å². The zero-order valence-corrected chi connectivity index (χ0v) is 53.0. The van der Waals surface area contributed by atoms with E-state index in [4.69, 9.17) is 65.0 Å². The summed E-state index contributed by atoms with van der Waals surface area (Å²) in [5.41, 5.74) is 5.04. The van der Waals surface area contributed by atoms with Gasteiger partial charge in [-0.25, -0.2) is 16.8 Å². The van der Waals surface area contributed by atoms with Crippen molar-refractivity contribution in [1.82, 2.24) is 0 Å². The largest absolute Gasteiger partial charge is 0.493 e. The van der Waals surface area contributed by atoms with E-state index >= 15 is 0 Å². The number of alkyl halides is 6. The number of aliphatic hydroxyl groups is 1. The SMILES string of the molecule is CC(C)(C)[Si](C)(C)OC1(C(F)(F)F)OC1Cc1ccc(OCCS(=O)(=O)CCCC(c2ccc(Cl)cc2)c2ccc(Cl)cc2)cc1.O=C(C(O)Cc1ccc(OCCS(=O)(=O)CCCC(c2ccc(Cl)cc2)c2ccc(Cl)cc2)cc1)C(F)(F)F. The van der Waals surface area contributed by atoms with Crippen LogP contribution >= 0.6 is 46.4 Å². The fraction of sp³-hybridized carbons (Fsp3) is 0.403. The van der Waals surface area contributed by atoms with E-state index in [0.717, 1.165) is 22.3 Å². The van der Waals surface area contributed by atoms with Gasteiger partial charge in [-0.1, -0.05) is 140 Å². The van der Waals surface area contributed by atoms with Gasteiger partial charge in [0.25, 0.3) is 11.6 Å². The van der Waals surface area contributed by atoms with Crippen LogP contribution in [0.1, 0.15) is 91.7 Å². The number of hydrogen-bond acceptors (Lipinski definition) is 10. The lowest BCUT2D eigenvalue weighted by atomic mass is 9.88. The molecular formula is C62H68Cl4F6O10S2Si. The highest BCUT2D eigenvalue weighted by atomic mass is 35.5. The van der Waals surface area contributed by atoms with E-state index in [1.807, 2.05) is 93.6 Å². The summed E-state index contributed by atoms with van der Waals surface area (Å²) in [6, 6.07) is 42.2. The van der Waals surface area contributed by atoms with Gasteiger partial charge in [-0.15, -0.1) is 0 Å². The van der Waals surface area contributed by atoms with E-state index < -0.39 is 75.6 Å². The normalized spacial score (nSPS) is 16.2. The maximum atomic E-state index is 14.1. The molecule has 0 spiro atoms. The molecule has 0 radical (unpaired) electrons. The molecule has 23 heteroatoms. The minimum atomic E-state index is -5.11. The highest BCUT2D eigenvalue weighted by molar-refractivity contribution is 7.91. The molecule has 10 nitrogen and oxygen atoms in total. The first-order valence-electron chi connectivity index (χ1n) is 27.3. The summed E-state index contributed by atoms with van der Waals surface area (Å²) in [6.45, 7) is 9.04. The third-order valence-corrected chi connectivity index (χ3v) is 23.7. The van der Waals surface area contributed by atoms with Gasteiger partial charge in [-0.2, -0.15) is 26.3 Å². The fourth-order valence-corrected chi connectivity index (χ4v) is 13.2. The number of ketones is 1. The van der Waals surface area contributed by atoms with Gasteiger partial charge in [0.1, 0.15) is 36.9 Å². The summed E-state index contributed by atoms with van der Waals surface area (Å²) in [5, 5.41) is 11.6. The summed E-state index contributed by atoms with van der Waals surface area (Å²) >= 11 is 24.2. The average Bonchev–Trinajstić information content (AvgIpc) is 1.58. The molecule has 85 heavy (non-hydrogen) atoms. The number of halogens is 10. The Morgan fingerprint density at radius 3 is 1.22 bits per heavy atom. The molecule has 1 heterocycles. The Morgan fingerprint density at radius 2 is 0.906 bits per heavy atom. The summed E-state index contributed by atoms with van der Waals surface area (Å²) in [4.78, 5) is 11.1. The summed E-state index contributed by atoms with van der Waals surface area (Å²) in [7, 11) is -9.57. The number of sulfone groups is 2. The second-order valence-corrected chi connectivity index (χ2v) is 33.4. The minimum Gasteiger partial charge on any atom is -0.493 e. The van der Waals surface area contributed by atoms with Crippen LogP contribution in [-0.2, 0) is 46.5 Å². The number of Topliss-reactive ketones (excluding diaryl/α,β-unsaturated/α-hetero) is 1. The van der Waals surface area contributed by atoms with Gasteiger partial charge in [0.05, 0.1) is 23.0 Å². The lowest BCUT2D eigenvalue weighted by Crippen LogP contribution is -2.51. The van der Waals surface area contributed by atoms with E-state index in [0.29, 0.717) is 68.4 Å². The highest BCUT2D eigenvalue weighted by Crippen LogP contribution is 2.55. The Balaban J connectivity index is 0.000000276. The maximum Gasteiger partial charge on any atom is 0.452 e. The number of rotatable bonds is 27. The van der Waals surface area contributed by atoms with Crippen molar-refractivity contribution in [3.8, 4) is 11.5 Å². The molecule has 6 aromatic carbocycles. The first-order chi connectivity index (χ1) is 39.7. The van der Waals surface area contributed by atoms with Crippen molar-refractivity contribution in [2.24, 2.45) is 0 Å². The molecule has 1 aliphatic rings. The summed E-state index contributed by atoms with van der Waals surface area (Å²) in [5.74, 6) is -4.49. The van der Waals surface area contributed by atoms with E-state index in [-0.39, 0.29) is 54.5 Å². The number of benzene rings is 6. The second-order valence-electron chi connectivity index (χ2n) is 22.3. The van der Waals surface area contributed by atoms with Gasteiger partial charge in [0.15, 0.2) is 28.0 Å². The van der Waals surface area contributed by atoms with Gasteiger partial charge in [-0.05, 0) is 150 Å². The lowest BCUT2D eigenvalue weighted by molar-refractivity contribution is -0.247. The van der Waals surface area contributed by atoms with Crippen LogP contribution in [0.5, 0.6) is 11.5 Å². The molecule has 0 saturated carbocycles. The van der Waals surface area contributed by atoms with Crippen molar-refractivity contribution < 1.29 is 71.7 Å². The molecule has 1 aliphatic heterocycles.